The second-order valence-corrected chi connectivity index (χ2v) is 38.3. The number of Topliss-reactive ketones (excluding diaryl/α,β-unsaturated/α-hetero) is 2. The van der Waals surface area contributed by atoms with Crippen LogP contribution in [0.2, 0.25) is 15.1 Å². The first kappa shape index (κ1) is 89.0. The molecule has 10 N–H and O–H groups in total. The highest BCUT2D eigenvalue weighted by Gasteiger charge is 2.71. The number of anilines is 4. The number of allylic oxidation sites excluding steroid dienone is 12. The van der Waals surface area contributed by atoms with E-state index in [1.165, 1.54) is 0 Å². The molecule has 4 amide bonds. The Hall–Kier alpha value is -10.9. The van der Waals surface area contributed by atoms with E-state index < -0.39 is 95.0 Å². The molecule has 0 aliphatic heterocycles. The van der Waals surface area contributed by atoms with Gasteiger partial charge in [0.1, 0.15) is 11.6 Å². The van der Waals surface area contributed by atoms with E-state index >= 15 is 0 Å². The van der Waals surface area contributed by atoms with Crippen LogP contribution >= 0.6 is 50.7 Å². The molecular formula is C99H98BrCl3N4O18. The van der Waals surface area contributed by atoms with Crippen molar-refractivity contribution in [3.8, 4) is 0 Å². The molecule has 0 heterocycles. The molecular weight excluding hydrogens is 1720 g/mol. The fourth-order valence-corrected chi connectivity index (χ4v) is 23.8. The van der Waals surface area contributed by atoms with Gasteiger partial charge in [0, 0.05) is 56.9 Å². The Morgan fingerprint density at radius 1 is 0.320 bits per heavy atom. The summed E-state index contributed by atoms with van der Waals surface area (Å²) in [6.07, 6.45) is 31.9. The quantitative estimate of drug-likeness (QED) is 0.0317. The van der Waals surface area contributed by atoms with E-state index in [0.717, 1.165) is 95.0 Å². The molecule has 2 spiro atoms. The number of amides is 4. The van der Waals surface area contributed by atoms with Crippen LogP contribution in [0.4, 0.5) is 22.7 Å². The van der Waals surface area contributed by atoms with Gasteiger partial charge in [-0.2, -0.15) is 0 Å². The number of benzene rings is 6. The van der Waals surface area contributed by atoms with Crippen molar-refractivity contribution >= 4 is 144 Å². The van der Waals surface area contributed by atoms with Crippen molar-refractivity contribution in [2.45, 2.75) is 85.0 Å². The van der Waals surface area contributed by atoms with Gasteiger partial charge in [-0.1, -0.05) is 190 Å². The summed E-state index contributed by atoms with van der Waals surface area (Å²) in [5.41, 5.74) is 7.86. The van der Waals surface area contributed by atoms with Gasteiger partial charge in [0.05, 0.1) is 69.2 Å². The fraction of sp³-hybridized carbons (Fsp3) is 0.394. The molecule has 125 heavy (non-hydrogen) atoms. The Balaban J connectivity index is 0.000000116. The minimum atomic E-state index is -0.916. The summed E-state index contributed by atoms with van der Waals surface area (Å²) in [6.45, 7) is 5.87. The largest absolute Gasteiger partial charge is 0.481 e. The number of carboxylic acid groups (broad SMARTS) is 6. The third-order valence-electron chi connectivity index (χ3n) is 28.9. The number of halogens is 4. The third kappa shape index (κ3) is 18.2. The molecule has 0 aromatic heterocycles. The van der Waals surface area contributed by atoms with E-state index in [9.17, 15) is 88.2 Å². The highest BCUT2D eigenvalue weighted by Crippen LogP contribution is 2.73. The Kier molecular flexibility index (Phi) is 26.1. The molecule has 8 fully saturated rings. The molecule has 0 saturated heterocycles. The average Bonchev–Trinajstić information content (AvgIpc) is 1.52. The zero-order chi connectivity index (χ0) is 88.9. The molecule has 12 bridgehead atoms. The topological polar surface area (TPSA) is 374 Å². The third-order valence-corrected chi connectivity index (χ3v) is 30.8. The first-order valence-corrected chi connectivity index (χ1v) is 44.5. The Morgan fingerprint density at radius 3 is 1.02 bits per heavy atom. The minimum Gasteiger partial charge on any atom is -0.481 e. The zero-order valence-electron chi connectivity index (χ0n) is 68.7. The highest BCUT2D eigenvalue weighted by atomic mass is 79.9. The number of rotatable bonds is 20. The van der Waals surface area contributed by atoms with Crippen molar-refractivity contribution in [1.82, 2.24) is 0 Å². The van der Waals surface area contributed by atoms with Gasteiger partial charge in [-0.05, 0) is 255 Å². The van der Waals surface area contributed by atoms with Crippen LogP contribution in [-0.2, 0) is 70.4 Å². The number of carbonyl (C=O) groups is 12. The molecule has 22 nitrogen and oxygen atoms in total. The number of aliphatic carboxylic acids is 6. The summed E-state index contributed by atoms with van der Waals surface area (Å²) in [4.78, 5) is 144. The van der Waals surface area contributed by atoms with E-state index in [0.29, 0.717) is 39.3 Å². The van der Waals surface area contributed by atoms with Crippen LogP contribution in [0.1, 0.15) is 79.2 Å². The van der Waals surface area contributed by atoms with Crippen molar-refractivity contribution in [3.05, 3.63) is 260 Å². The summed E-state index contributed by atoms with van der Waals surface area (Å²) < 4.78 is 0.978. The van der Waals surface area contributed by atoms with E-state index in [2.05, 4.69) is 49.3 Å². The van der Waals surface area contributed by atoms with Gasteiger partial charge in [-0.3, -0.25) is 57.5 Å². The first-order valence-electron chi connectivity index (χ1n) is 42.6. The molecule has 14 aliphatic rings. The summed E-state index contributed by atoms with van der Waals surface area (Å²) in [7, 11) is 0. The number of fused-ring (bicyclic) bond motifs is 8. The highest BCUT2D eigenvalue weighted by molar-refractivity contribution is 9.10. The number of hydrogen-bond donors (Lipinski definition) is 10. The van der Waals surface area contributed by atoms with E-state index in [-0.39, 0.29) is 129 Å². The SMILES string of the molecule is Cc1cc(NC(=O)C2C3C=CC(C3)C2C(=O)O)ccc1Br.Cc1cccc(NC(=O)C2C(C(=O)O)C3C=CC2C32CC2)c1.Cc1cccc(NC(=O)C2C3C=CC(C3)C2C(=O)O)c1.O=C(O)C1C(C(=O)Cc2ccc(Cl)cc2)C2C=CC1C21CC1.O=C(O)C1C2C=CC(C2)C1C(=O)Cc1ccccc1.O=C(O)C1C2C=CC(C2)C1C(=O)Nc1ccc(Cl)c(Cl)c1. The van der Waals surface area contributed by atoms with Gasteiger partial charge in [-0.15, -0.1) is 0 Å². The average molecular weight is 1820 g/mol. The van der Waals surface area contributed by atoms with Crippen molar-refractivity contribution in [3.63, 3.8) is 0 Å². The van der Waals surface area contributed by atoms with Crippen LogP contribution in [-0.4, -0.2) is 102 Å². The molecule has 6 aromatic carbocycles. The van der Waals surface area contributed by atoms with Crippen LogP contribution in [0.3, 0.4) is 0 Å². The van der Waals surface area contributed by atoms with Gasteiger partial charge < -0.3 is 51.9 Å². The van der Waals surface area contributed by atoms with E-state index in [4.69, 9.17) is 34.8 Å². The van der Waals surface area contributed by atoms with Gasteiger partial charge in [0.2, 0.25) is 23.6 Å². The Morgan fingerprint density at radius 2 is 0.640 bits per heavy atom. The molecule has 6 aromatic rings. The van der Waals surface area contributed by atoms with Crippen LogP contribution in [0.25, 0.3) is 0 Å². The zero-order valence-corrected chi connectivity index (χ0v) is 72.6. The summed E-state index contributed by atoms with van der Waals surface area (Å²) >= 11 is 21.0. The molecule has 8 saturated carbocycles. The Bertz CT molecular complexity index is 5390. The number of aryl methyl sites for hydroxylation is 3. The van der Waals surface area contributed by atoms with Gasteiger partial charge in [-0.25, -0.2) is 0 Å². The van der Waals surface area contributed by atoms with Crippen molar-refractivity contribution in [2.24, 2.45) is 153 Å². The maximum absolute atomic E-state index is 12.8. The van der Waals surface area contributed by atoms with Crippen molar-refractivity contribution < 1.29 is 88.2 Å². The number of hydrogen-bond acceptors (Lipinski definition) is 12. The maximum Gasteiger partial charge on any atom is 0.307 e. The number of nitrogens with one attached hydrogen (secondary N) is 4. The van der Waals surface area contributed by atoms with Crippen molar-refractivity contribution in [1.29, 1.82) is 0 Å². The number of carboxylic acids is 6. The first-order chi connectivity index (χ1) is 59.7. The second-order valence-electron chi connectivity index (χ2n) is 36.2. The van der Waals surface area contributed by atoms with Crippen LogP contribution in [0.5, 0.6) is 0 Å². The maximum atomic E-state index is 12.8. The number of carbonyl (C=O) groups excluding carboxylic acids is 6. The predicted octanol–water partition coefficient (Wildman–Crippen LogP) is 17.7. The van der Waals surface area contributed by atoms with Gasteiger partial charge in [0.25, 0.3) is 0 Å². The molecule has 24 unspecified atom stereocenters. The van der Waals surface area contributed by atoms with Gasteiger partial charge in [0.15, 0.2) is 0 Å². The van der Waals surface area contributed by atoms with Crippen LogP contribution in [0.15, 0.2) is 217 Å². The second kappa shape index (κ2) is 36.6. The summed E-state index contributed by atoms with van der Waals surface area (Å²) in [6, 6.07) is 42.3. The molecule has 24 atom stereocenters. The normalized spacial score (nSPS) is 31.3. The van der Waals surface area contributed by atoms with E-state index in [1.807, 2.05) is 191 Å². The Labute approximate surface area is 746 Å². The number of ketones is 2. The van der Waals surface area contributed by atoms with Crippen LogP contribution < -0.4 is 21.3 Å². The lowest BCUT2D eigenvalue weighted by Gasteiger charge is -2.24. The lowest BCUT2D eigenvalue weighted by atomic mass is 9.79. The summed E-state index contributed by atoms with van der Waals surface area (Å²) in [5.74, 6) is -11.4. The molecule has 0 radical (unpaired) electrons. The monoisotopic (exact) mass is 1810 g/mol. The standard InChI is InChI=1S/C18H17ClO3.C18H19NO3.C16H16BrNO3.C16H17NO3.C16H16O3.C15H13Cl2NO3/c19-11-3-1-10(2-4-11)9-14(20)15-12-5-6-13(16(15)17(21)22)18(12)7-8-18;1-10-3-2-4-11(9-10)19-16(20)14-12-5-6-13(15(14)17(21)22)18(12)7-8-18;1-8-6-11(4-5-12(8)17)18-15(19)13-9-2-3-10(7-9)14(13)16(20)21;1-9-3-2-4-12(7-9)17-15(18)13-10-5-6-11(8-10)14(13)16(19)20;17-13(8-10-4-2-1-3-5-10)14-11-6-7-12(9-11)15(14)16(18)19;16-10-4-3-9(6-11(10)17)18-14(19)12-7-1-2-8(5-7)13(12)15(20)21/h1-6,12-13,15-16H,7-9H2,(H,21,22);2-6,9,12-15H,7-8H2,1H3,(H,19,20)(H,21,22);2-6,9-10,13-14H,7H2,1H3,(H,18,19)(H,20,21);2-7,10-11,13-14H,8H2,1H3,(H,17,18)(H,19,20);1-7,11-12,14-15H,8-9H2,(H,18,19);1-4,6-8,12-13H,5H2,(H,18,19)(H,20,21). The van der Waals surface area contributed by atoms with Crippen LogP contribution in [0, 0.1) is 174 Å². The summed E-state index contributed by atoms with van der Waals surface area (Å²) in [5, 5.41) is 69.4. The smallest absolute Gasteiger partial charge is 0.307 e. The minimum absolute atomic E-state index is 0.00104. The lowest BCUT2D eigenvalue weighted by Crippen LogP contribution is -2.36. The molecule has 26 heteroatoms. The molecule has 20 rings (SSSR count). The predicted molar refractivity (Wildman–Crippen MR) is 474 cm³/mol. The lowest BCUT2D eigenvalue weighted by molar-refractivity contribution is -0.147. The van der Waals surface area contributed by atoms with Gasteiger partial charge >= 0.3 is 35.8 Å². The van der Waals surface area contributed by atoms with E-state index in [1.54, 1.807) is 30.3 Å². The van der Waals surface area contributed by atoms with Crippen molar-refractivity contribution in [2.75, 3.05) is 21.3 Å². The molecule has 650 valence electrons. The molecule has 14 aliphatic carbocycles. The fourth-order valence-electron chi connectivity index (χ4n) is 23.1.